The Morgan fingerprint density at radius 2 is 2.09 bits per heavy atom. The van der Waals surface area contributed by atoms with Crippen molar-refractivity contribution in [2.24, 2.45) is 0 Å². The molecule has 1 aromatic rings. The Morgan fingerprint density at radius 1 is 1.36 bits per heavy atom. The Balaban J connectivity index is 1.72. The molecule has 1 atom stereocenters. The molecule has 1 fully saturated rings. The van der Waals surface area contributed by atoms with Crippen molar-refractivity contribution in [3.63, 3.8) is 0 Å². The van der Waals surface area contributed by atoms with Gasteiger partial charge in [0.2, 0.25) is 5.91 Å². The monoisotopic (exact) mass is 308 g/mol. The van der Waals surface area contributed by atoms with Gasteiger partial charge in [0, 0.05) is 32.7 Å². The SMILES string of the molecule is CCCCNC(=O)C(C)N1CCN(Cc2n[nH]c(C)n2)CC1. The van der Waals surface area contributed by atoms with Gasteiger partial charge in [-0.15, -0.1) is 0 Å². The van der Waals surface area contributed by atoms with Crippen LogP contribution in [0.3, 0.4) is 0 Å². The molecule has 2 heterocycles. The second-order valence-electron chi connectivity index (χ2n) is 5.97. The number of hydrogen-bond acceptors (Lipinski definition) is 5. The number of H-pyrrole nitrogens is 1. The van der Waals surface area contributed by atoms with Gasteiger partial charge in [-0.2, -0.15) is 5.10 Å². The number of aromatic amines is 1. The molecule has 0 radical (unpaired) electrons. The molecule has 0 bridgehead atoms. The summed E-state index contributed by atoms with van der Waals surface area (Å²) in [5.41, 5.74) is 0. The second-order valence-corrected chi connectivity index (χ2v) is 5.97. The number of rotatable bonds is 7. The van der Waals surface area contributed by atoms with Crippen LogP contribution in [0.15, 0.2) is 0 Å². The molecule has 124 valence electrons. The number of nitrogens with one attached hydrogen (secondary N) is 2. The Bertz CT molecular complexity index is 466. The van der Waals surface area contributed by atoms with E-state index in [2.05, 4.69) is 37.2 Å². The zero-order valence-electron chi connectivity index (χ0n) is 13.9. The Kier molecular flexibility index (Phi) is 6.33. The lowest BCUT2D eigenvalue weighted by Gasteiger charge is -2.36. The first-order chi connectivity index (χ1) is 10.6. The van der Waals surface area contributed by atoms with Crippen LogP contribution in [-0.2, 0) is 11.3 Å². The van der Waals surface area contributed by atoms with Crippen molar-refractivity contribution < 1.29 is 4.79 Å². The highest BCUT2D eigenvalue weighted by atomic mass is 16.2. The molecule has 0 aromatic carbocycles. The molecule has 1 aromatic heterocycles. The number of carbonyl (C=O) groups excluding carboxylic acids is 1. The summed E-state index contributed by atoms with van der Waals surface area (Å²) in [5.74, 6) is 1.84. The number of aromatic nitrogens is 3. The van der Waals surface area contributed by atoms with Gasteiger partial charge in [-0.25, -0.2) is 4.98 Å². The van der Waals surface area contributed by atoms with Crippen LogP contribution in [0.2, 0.25) is 0 Å². The van der Waals surface area contributed by atoms with Crippen molar-refractivity contribution in [2.75, 3.05) is 32.7 Å². The Hall–Kier alpha value is -1.47. The normalized spacial score (nSPS) is 18.3. The molecule has 1 saturated heterocycles. The predicted molar refractivity (Wildman–Crippen MR) is 85.3 cm³/mol. The Labute approximate surface area is 132 Å². The van der Waals surface area contributed by atoms with E-state index in [1.54, 1.807) is 0 Å². The third-order valence-electron chi connectivity index (χ3n) is 4.17. The second kappa shape index (κ2) is 8.24. The molecule has 7 heteroatoms. The van der Waals surface area contributed by atoms with Gasteiger partial charge in [0.15, 0.2) is 5.82 Å². The van der Waals surface area contributed by atoms with E-state index in [0.29, 0.717) is 0 Å². The predicted octanol–water partition coefficient (Wildman–Crippen LogP) is 0.536. The van der Waals surface area contributed by atoms with Gasteiger partial charge in [0.1, 0.15) is 5.82 Å². The van der Waals surface area contributed by atoms with Gasteiger partial charge >= 0.3 is 0 Å². The summed E-state index contributed by atoms with van der Waals surface area (Å²) in [5, 5.41) is 10.1. The van der Waals surface area contributed by atoms with Crippen LogP contribution in [0.4, 0.5) is 0 Å². The molecular formula is C15H28N6O. The zero-order chi connectivity index (χ0) is 15.9. The van der Waals surface area contributed by atoms with E-state index in [0.717, 1.165) is 63.8 Å². The summed E-state index contributed by atoms with van der Waals surface area (Å²) in [7, 11) is 0. The van der Waals surface area contributed by atoms with Crippen molar-refractivity contribution in [3.8, 4) is 0 Å². The maximum Gasteiger partial charge on any atom is 0.237 e. The van der Waals surface area contributed by atoms with Crippen LogP contribution >= 0.6 is 0 Å². The standard InChI is InChI=1S/C15H28N6O/c1-4-5-6-16-15(22)12(2)21-9-7-20(8-10-21)11-14-17-13(3)18-19-14/h12H,4-11H2,1-3H3,(H,16,22)(H,17,18,19). The summed E-state index contributed by atoms with van der Waals surface area (Å²) in [4.78, 5) is 21.0. The molecule has 0 spiro atoms. The van der Waals surface area contributed by atoms with Crippen LogP contribution in [0, 0.1) is 6.92 Å². The molecule has 7 nitrogen and oxygen atoms in total. The number of unbranched alkanes of at least 4 members (excludes halogenated alkanes) is 1. The van der Waals surface area contributed by atoms with Gasteiger partial charge in [-0.3, -0.25) is 19.7 Å². The largest absolute Gasteiger partial charge is 0.355 e. The van der Waals surface area contributed by atoms with E-state index >= 15 is 0 Å². The third-order valence-corrected chi connectivity index (χ3v) is 4.17. The van der Waals surface area contributed by atoms with Gasteiger partial charge in [0.25, 0.3) is 0 Å². The quantitative estimate of drug-likeness (QED) is 0.719. The fourth-order valence-corrected chi connectivity index (χ4v) is 2.67. The number of aryl methyl sites for hydroxylation is 1. The minimum absolute atomic E-state index is 0.0511. The highest BCUT2D eigenvalue weighted by Crippen LogP contribution is 2.09. The van der Waals surface area contributed by atoms with Gasteiger partial charge in [0.05, 0.1) is 12.6 Å². The van der Waals surface area contributed by atoms with Gasteiger partial charge in [-0.05, 0) is 20.3 Å². The molecule has 2 rings (SSSR count). The number of piperazine rings is 1. The molecule has 22 heavy (non-hydrogen) atoms. The maximum atomic E-state index is 12.1. The van der Waals surface area contributed by atoms with Crippen LogP contribution in [0.1, 0.15) is 38.3 Å². The molecule has 2 N–H and O–H groups in total. The minimum Gasteiger partial charge on any atom is -0.355 e. The molecule has 1 aliphatic heterocycles. The van der Waals surface area contributed by atoms with E-state index in [9.17, 15) is 4.79 Å². The van der Waals surface area contributed by atoms with E-state index in [4.69, 9.17) is 0 Å². The molecule has 1 aliphatic rings. The molecule has 0 saturated carbocycles. The minimum atomic E-state index is -0.0511. The van der Waals surface area contributed by atoms with Crippen molar-refractivity contribution in [2.45, 2.75) is 46.2 Å². The van der Waals surface area contributed by atoms with Crippen LogP contribution in [0.25, 0.3) is 0 Å². The van der Waals surface area contributed by atoms with E-state index in [1.165, 1.54) is 0 Å². The summed E-state index contributed by atoms with van der Waals surface area (Å²) >= 11 is 0. The fraction of sp³-hybridized carbons (Fsp3) is 0.800. The van der Waals surface area contributed by atoms with Crippen LogP contribution in [-0.4, -0.2) is 69.7 Å². The summed E-state index contributed by atoms with van der Waals surface area (Å²) in [6.45, 7) is 11.3. The van der Waals surface area contributed by atoms with Crippen molar-refractivity contribution in [1.29, 1.82) is 0 Å². The van der Waals surface area contributed by atoms with Crippen molar-refractivity contribution in [3.05, 3.63) is 11.6 Å². The first kappa shape index (κ1) is 16.9. The lowest BCUT2D eigenvalue weighted by Crippen LogP contribution is -2.53. The molecule has 1 amide bonds. The van der Waals surface area contributed by atoms with Crippen LogP contribution < -0.4 is 5.32 Å². The molecular weight excluding hydrogens is 280 g/mol. The number of nitrogens with zero attached hydrogens (tertiary/aromatic N) is 4. The average molecular weight is 308 g/mol. The highest BCUT2D eigenvalue weighted by molar-refractivity contribution is 5.81. The zero-order valence-corrected chi connectivity index (χ0v) is 13.9. The number of hydrogen-bond donors (Lipinski definition) is 2. The van der Waals surface area contributed by atoms with Crippen LogP contribution in [0.5, 0.6) is 0 Å². The maximum absolute atomic E-state index is 12.1. The molecule has 0 aliphatic carbocycles. The summed E-state index contributed by atoms with van der Waals surface area (Å²) in [6.07, 6.45) is 2.15. The summed E-state index contributed by atoms with van der Waals surface area (Å²) < 4.78 is 0. The smallest absolute Gasteiger partial charge is 0.237 e. The van der Waals surface area contributed by atoms with Crippen molar-refractivity contribution >= 4 is 5.91 Å². The third kappa shape index (κ3) is 4.78. The molecule has 1 unspecified atom stereocenters. The van der Waals surface area contributed by atoms with Crippen molar-refractivity contribution in [1.82, 2.24) is 30.3 Å². The highest BCUT2D eigenvalue weighted by Gasteiger charge is 2.25. The van der Waals surface area contributed by atoms with E-state index in [-0.39, 0.29) is 11.9 Å². The fourth-order valence-electron chi connectivity index (χ4n) is 2.67. The topological polar surface area (TPSA) is 77.2 Å². The van der Waals surface area contributed by atoms with E-state index < -0.39 is 0 Å². The van der Waals surface area contributed by atoms with Gasteiger partial charge < -0.3 is 5.32 Å². The summed E-state index contributed by atoms with van der Waals surface area (Å²) in [6, 6.07) is -0.0511. The number of amides is 1. The average Bonchev–Trinajstić information content (AvgIpc) is 2.92. The van der Waals surface area contributed by atoms with E-state index in [1.807, 2.05) is 13.8 Å². The first-order valence-corrected chi connectivity index (χ1v) is 8.22. The van der Waals surface area contributed by atoms with Gasteiger partial charge in [-0.1, -0.05) is 13.3 Å². The Morgan fingerprint density at radius 3 is 2.68 bits per heavy atom. The number of carbonyl (C=O) groups is 1. The lowest BCUT2D eigenvalue weighted by molar-refractivity contribution is -0.126. The first-order valence-electron chi connectivity index (χ1n) is 8.22. The lowest BCUT2D eigenvalue weighted by atomic mass is 10.2.